The quantitative estimate of drug-likeness (QED) is 0.737. The van der Waals surface area contributed by atoms with Crippen LogP contribution in [-0.4, -0.2) is 73.9 Å². The van der Waals surface area contributed by atoms with Crippen LogP contribution in [0.25, 0.3) is 0 Å². The summed E-state index contributed by atoms with van der Waals surface area (Å²) < 4.78 is 16.5. The Hall–Kier alpha value is -0.200. The number of aliphatic hydroxyl groups is 1. The minimum Gasteiger partial charge on any atom is -0.390 e. The molecule has 1 aliphatic heterocycles. The van der Waals surface area contributed by atoms with Crippen LogP contribution in [0.5, 0.6) is 0 Å². The van der Waals surface area contributed by atoms with Crippen molar-refractivity contribution in [1.82, 2.24) is 4.90 Å². The lowest BCUT2D eigenvalue weighted by Gasteiger charge is -2.35. The number of nitrogens with zero attached hydrogens (tertiary/aromatic N) is 1. The van der Waals surface area contributed by atoms with E-state index < -0.39 is 11.7 Å². The summed E-state index contributed by atoms with van der Waals surface area (Å²) in [5.74, 6) is 0.0589. The average molecular weight is 303 g/mol. The van der Waals surface area contributed by atoms with Crippen LogP contribution in [0.2, 0.25) is 0 Å². The van der Waals surface area contributed by atoms with Crippen LogP contribution < -0.4 is 0 Å². The third-order valence-corrected chi connectivity index (χ3v) is 4.56. The fourth-order valence-corrected chi connectivity index (χ4v) is 3.30. The Bertz CT molecular complexity index is 319. The van der Waals surface area contributed by atoms with Crippen molar-refractivity contribution in [1.29, 1.82) is 0 Å². The Kier molecular flexibility index (Phi) is 6.62. The Morgan fingerprint density at radius 2 is 1.76 bits per heavy atom. The zero-order valence-electron chi connectivity index (χ0n) is 14.7. The summed E-state index contributed by atoms with van der Waals surface area (Å²) >= 11 is 0. The van der Waals surface area contributed by atoms with Crippen molar-refractivity contribution >= 4 is 0 Å². The van der Waals surface area contributed by atoms with E-state index in [0.717, 1.165) is 13.1 Å². The van der Waals surface area contributed by atoms with Crippen molar-refractivity contribution < 1.29 is 19.3 Å². The van der Waals surface area contributed by atoms with E-state index in [2.05, 4.69) is 25.7 Å². The maximum atomic E-state index is 10.6. The highest BCUT2D eigenvalue weighted by atomic mass is 16.5. The predicted octanol–water partition coefficient (Wildman–Crippen LogP) is 1.53. The normalized spacial score (nSPS) is 29.0. The van der Waals surface area contributed by atoms with Crippen molar-refractivity contribution in [2.75, 3.05) is 40.5 Å². The van der Waals surface area contributed by atoms with Crippen LogP contribution in [0.1, 0.15) is 34.6 Å². The molecule has 3 atom stereocenters. The maximum Gasteiger partial charge on any atom is 0.0896 e. The van der Waals surface area contributed by atoms with Gasteiger partial charge in [-0.15, -0.1) is 0 Å². The topological polar surface area (TPSA) is 51.2 Å². The molecule has 0 radical (unpaired) electrons. The van der Waals surface area contributed by atoms with Gasteiger partial charge in [-0.3, -0.25) is 4.90 Å². The Balaban J connectivity index is 2.81. The number of aliphatic hydroxyl groups excluding tert-OH is 1. The molecular weight excluding hydrogens is 270 g/mol. The van der Waals surface area contributed by atoms with E-state index in [1.54, 1.807) is 14.2 Å². The van der Waals surface area contributed by atoms with E-state index in [1.165, 1.54) is 0 Å². The van der Waals surface area contributed by atoms with Crippen LogP contribution >= 0.6 is 0 Å². The van der Waals surface area contributed by atoms with Gasteiger partial charge in [0.2, 0.25) is 0 Å². The van der Waals surface area contributed by atoms with E-state index in [1.807, 2.05) is 13.8 Å². The molecule has 3 unspecified atom stereocenters. The number of hydrogen-bond acceptors (Lipinski definition) is 5. The van der Waals surface area contributed by atoms with E-state index >= 15 is 0 Å². The van der Waals surface area contributed by atoms with Gasteiger partial charge in [0.15, 0.2) is 0 Å². The maximum absolute atomic E-state index is 10.6. The highest BCUT2D eigenvalue weighted by Gasteiger charge is 2.53. The molecule has 0 bridgehead atoms. The fourth-order valence-electron chi connectivity index (χ4n) is 3.30. The van der Waals surface area contributed by atoms with Crippen molar-refractivity contribution in [3.05, 3.63) is 0 Å². The van der Waals surface area contributed by atoms with Gasteiger partial charge in [0.05, 0.1) is 30.5 Å². The van der Waals surface area contributed by atoms with Crippen molar-refractivity contribution in [3.63, 3.8) is 0 Å². The fraction of sp³-hybridized carbons (Fsp3) is 1.00. The lowest BCUT2D eigenvalue weighted by molar-refractivity contribution is -0.0917. The average Bonchev–Trinajstić information content (AvgIpc) is 2.51. The molecule has 0 aromatic carbocycles. The van der Waals surface area contributed by atoms with E-state index in [4.69, 9.17) is 14.2 Å². The smallest absolute Gasteiger partial charge is 0.0896 e. The van der Waals surface area contributed by atoms with Gasteiger partial charge in [-0.1, -0.05) is 0 Å². The molecule has 21 heavy (non-hydrogen) atoms. The summed E-state index contributed by atoms with van der Waals surface area (Å²) in [6, 6.07) is 0.275. The molecule has 1 rings (SSSR count). The first-order chi connectivity index (χ1) is 9.65. The Morgan fingerprint density at radius 1 is 1.14 bits per heavy atom. The largest absolute Gasteiger partial charge is 0.390 e. The van der Waals surface area contributed by atoms with Crippen LogP contribution in [-0.2, 0) is 14.2 Å². The number of rotatable bonds is 8. The molecule has 1 heterocycles. The zero-order valence-corrected chi connectivity index (χ0v) is 14.7. The SMILES string of the molecule is COCCN(CC1C(O)C(C)(C)OC1(C)C)C(C)COC. The number of methoxy groups -OCH3 is 2. The molecule has 0 amide bonds. The van der Waals surface area contributed by atoms with Crippen molar-refractivity contribution in [2.24, 2.45) is 5.92 Å². The molecule has 1 aliphatic rings. The molecular formula is C16H33NO4. The van der Waals surface area contributed by atoms with Gasteiger partial charge < -0.3 is 19.3 Å². The minimum absolute atomic E-state index is 0.0589. The van der Waals surface area contributed by atoms with Gasteiger partial charge >= 0.3 is 0 Å². The summed E-state index contributed by atoms with van der Waals surface area (Å²) in [6.07, 6.45) is -0.479. The molecule has 126 valence electrons. The number of ether oxygens (including phenoxy) is 3. The third-order valence-electron chi connectivity index (χ3n) is 4.56. The first-order valence-corrected chi connectivity index (χ1v) is 7.76. The Morgan fingerprint density at radius 3 is 2.19 bits per heavy atom. The van der Waals surface area contributed by atoms with Crippen LogP contribution in [0.3, 0.4) is 0 Å². The summed E-state index contributed by atoms with van der Waals surface area (Å²) in [5.41, 5.74) is -0.855. The van der Waals surface area contributed by atoms with Gasteiger partial charge in [0, 0.05) is 39.3 Å². The molecule has 0 aromatic heterocycles. The zero-order chi connectivity index (χ0) is 16.3. The van der Waals surface area contributed by atoms with Crippen LogP contribution in [0.15, 0.2) is 0 Å². The van der Waals surface area contributed by atoms with Crippen LogP contribution in [0, 0.1) is 5.92 Å². The second-order valence-electron chi connectivity index (χ2n) is 7.15. The first kappa shape index (κ1) is 18.8. The first-order valence-electron chi connectivity index (χ1n) is 7.76. The van der Waals surface area contributed by atoms with Gasteiger partial charge in [-0.25, -0.2) is 0 Å². The lowest BCUT2D eigenvalue weighted by atomic mass is 9.84. The van der Waals surface area contributed by atoms with Gasteiger partial charge in [-0.2, -0.15) is 0 Å². The molecule has 5 nitrogen and oxygen atoms in total. The summed E-state index contributed by atoms with van der Waals surface area (Å²) in [4.78, 5) is 2.31. The summed E-state index contributed by atoms with van der Waals surface area (Å²) in [7, 11) is 3.42. The molecule has 0 saturated carbocycles. The molecule has 1 fully saturated rings. The van der Waals surface area contributed by atoms with Crippen LogP contribution in [0.4, 0.5) is 0 Å². The second-order valence-corrected chi connectivity index (χ2v) is 7.15. The highest BCUT2D eigenvalue weighted by Crippen LogP contribution is 2.42. The molecule has 1 N–H and O–H groups in total. The van der Waals surface area contributed by atoms with E-state index in [-0.39, 0.29) is 17.6 Å². The van der Waals surface area contributed by atoms with Gasteiger partial charge in [0.1, 0.15) is 0 Å². The highest BCUT2D eigenvalue weighted by molar-refractivity contribution is 5.02. The van der Waals surface area contributed by atoms with Crippen molar-refractivity contribution in [3.8, 4) is 0 Å². The summed E-state index contributed by atoms with van der Waals surface area (Å²) in [6.45, 7) is 13.1. The van der Waals surface area contributed by atoms with E-state index in [9.17, 15) is 5.11 Å². The third kappa shape index (κ3) is 4.63. The standard InChI is InChI=1S/C16H33NO4/c1-12(11-20-7)17(8-9-19-6)10-13-14(18)16(4,5)21-15(13,2)3/h12-14,18H,8-11H2,1-7H3. The minimum atomic E-state index is -0.508. The lowest BCUT2D eigenvalue weighted by Crippen LogP contribution is -2.48. The molecule has 0 aromatic rings. The van der Waals surface area contributed by atoms with Crippen molar-refractivity contribution in [2.45, 2.75) is 58.0 Å². The monoisotopic (exact) mass is 303 g/mol. The van der Waals surface area contributed by atoms with Gasteiger partial charge in [-0.05, 0) is 34.6 Å². The Labute approximate surface area is 129 Å². The summed E-state index contributed by atoms with van der Waals surface area (Å²) in [5, 5.41) is 10.6. The van der Waals surface area contributed by atoms with E-state index in [0.29, 0.717) is 13.2 Å². The molecule has 1 saturated heterocycles. The predicted molar refractivity (Wildman–Crippen MR) is 83.5 cm³/mol. The molecule has 0 spiro atoms. The van der Waals surface area contributed by atoms with Gasteiger partial charge in [0.25, 0.3) is 0 Å². The number of hydrogen-bond donors (Lipinski definition) is 1. The second kappa shape index (κ2) is 7.38. The molecule has 5 heteroatoms. The molecule has 0 aliphatic carbocycles.